The van der Waals surface area contributed by atoms with Crippen LogP contribution >= 0.6 is 0 Å². The fraction of sp³-hybridized carbons (Fsp3) is 0.200. The first-order chi connectivity index (χ1) is 12.5. The monoisotopic (exact) mass is 352 g/mol. The van der Waals surface area contributed by atoms with Crippen LogP contribution in [0.4, 0.5) is 0 Å². The van der Waals surface area contributed by atoms with Crippen molar-refractivity contribution in [2.24, 2.45) is 0 Å². The highest BCUT2D eigenvalue weighted by molar-refractivity contribution is 5.86. The van der Waals surface area contributed by atoms with E-state index in [1.54, 1.807) is 44.7 Å². The van der Waals surface area contributed by atoms with Crippen LogP contribution in [0.2, 0.25) is 0 Å². The lowest BCUT2D eigenvalue weighted by Crippen LogP contribution is -2.27. The van der Waals surface area contributed by atoms with Crippen LogP contribution in [0, 0.1) is 0 Å². The second kappa shape index (κ2) is 7.31. The highest BCUT2D eigenvalue weighted by Crippen LogP contribution is 2.37. The van der Waals surface area contributed by atoms with Crippen LogP contribution in [-0.2, 0) is 4.79 Å². The van der Waals surface area contributed by atoms with Gasteiger partial charge >= 0.3 is 0 Å². The SMILES string of the molecule is COc1ccc([C@H](NC(C)=O)c2ccc3cccnc3c2O)cc1OC. The molecule has 0 saturated carbocycles. The Bertz CT molecular complexity index is 956. The molecule has 0 fully saturated rings. The summed E-state index contributed by atoms with van der Waals surface area (Å²) >= 11 is 0. The summed E-state index contributed by atoms with van der Waals surface area (Å²) in [4.78, 5) is 16.0. The molecule has 6 heteroatoms. The number of rotatable bonds is 5. The number of methoxy groups -OCH3 is 2. The molecule has 1 aromatic heterocycles. The molecule has 26 heavy (non-hydrogen) atoms. The Labute approximate surface area is 151 Å². The summed E-state index contributed by atoms with van der Waals surface area (Å²) in [5, 5.41) is 14.5. The summed E-state index contributed by atoms with van der Waals surface area (Å²) in [6.07, 6.45) is 1.62. The minimum atomic E-state index is -0.557. The number of carbonyl (C=O) groups is 1. The van der Waals surface area contributed by atoms with Gasteiger partial charge in [-0.25, -0.2) is 0 Å². The van der Waals surface area contributed by atoms with E-state index in [0.717, 1.165) is 10.9 Å². The quantitative estimate of drug-likeness (QED) is 0.737. The van der Waals surface area contributed by atoms with Gasteiger partial charge in [0.1, 0.15) is 11.3 Å². The van der Waals surface area contributed by atoms with Crippen LogP contribution in [0.3, 0.4) is 0 Å². The van der Waals surface area contributed by atoms with Crippen molar-refractivity contribution < 1.29 is 19.4 Å². The molecule has 0 aliphatic heterocycles. The fourth-order valence-corrected chi connectivity index (χ4v) is 2.95. The molecule has 3 aromatic rings. The number of amides is 1. The second-order valence-electron chi connectivity index (χ2n) is 5.83. The van der Waals surface area contributed by atoms with Crippen LogP contribution in [0.15, 0.2) is 48.7 Å². The van der Waals surface area contributed by atoms with Crippen molar-refractivity contribution in [1.29, 1.82) is 0 Å². The van der Waals surface area contributed by atoms with Crippen molar-refractivity contribution in [2.45, 2.75) is 13.0 Å². The zero-order valence-electron chi connectivity index (χ0n) is 14.8. The average molecular weight is 352 g/mol. The zero-order chi connectivity index (χ0) is 18.7. The van der Waals surface area contributed by atoms with Gasteiger partial charge in [-0.2, -0.15) is 0 Å². The van der Waals surface area contributed by atoms with E-state index >= 15 is 0 Å². The molecule has 0 aliphatic carbocycles. The molecule has 1 heterocycles. The lowest BCUT2D eigenvalue weighted by molar-refractivity contribution is -0.119. The molecule has 2 aromatic carbocycles. The number of benzene rings is 2. The molecule has 0 bridgehead atoms. The Kier molecular flexibility index (Phi) is 4.93. The number of aromatic nitrogens is 1. The Morgan fingerprint density at radius 2 is 1.88 bits per heavy atom. The average Bonchev–Trinajstić information content (AvgIpc) is 2.66. The van der Waals surface area contributed by atoms with Crippen molar-refractivity contribution >= 4 is 16.8 Å². The molecule has 2 N–H and O–H groups in total. The van der Waals surface area contributed by atoms with Gasteiger partial charge in [-0.1, -0.05) is 24.3 Å². The van der Waals surface area contributed by atoms with Gasteiger partial charge in [-0.15, -0.1) is 0 Å². The standard InChI is InChI=1S/C20H20N2O4/c1-12(23)22-18(14-7-9-16(25-2)17(11-14)26-3)15-8-6-13-5-4-10-21-19(13)20(15)24/h4-11,18,24H,1-3H3,(H,22,23)/t18-/m0/s1. The van der Waals surface area contributed by atoms with Crippen LogP contribution in [0.1, 0.15) is 24.1 Å². The van der Waals surface area contributed by atoms with Gasteiger partial charge in [0.2, 0.25) is 5.91 Å². The second-order valence-corrected chi connectivity index (χ2v) is 5.83. The van der Waals surface area contributed by atoms with E-state index in [1.165, 1.54) is 6.92 Å². The molecular formula is C20H20N2O4. The van der Waals surface area contributed by atoms with Crippen molar-refractivity contribution in [3.8, 4) is 17.2 Å². The number of phenolic OH excluding ortho intramolecular Hbond substituents is 1. The maximum absolute atomic E-state index is 11.8. The summed E-state index contributed by atoms with van der Waals surface area (Å²) in [6.45, 7) is 1.43. The first kappa shape index (κ1) is 17.5. The maximum Gasteiger partial charge on any atom is 0.217 e. The Morgan fingerprint density at radius 3 is 2.58 bits per heavy atom. The van der Waals surface area contributed by atoms with Gasteiger partial charge in [0.15, 0.2) is 11.5 Å². The molecule has 1 atom stereocenters. The van der Waals surface area contributed by atoms with E-state index < -0.39 is 6.04 Å². The van der Waals surface area contributed by atoms with Crippen molar-refractivity contribution in [2.75, 3.05) is 14.2 Å². The minimum absolute atomic E-state index is 0.0386. The van der Waals surface area contributed by atoms with E-state index in [4.69, 9.17) is 9.47 Å². The van der Waals surface area contributed by atoms with Crippen molar-refractivity contribution in [3.63, 3.8) is 0 Å². The summed E-state index contributed by atoms with van der Waals surface area (Å²) in [6, 6.07) is 12.1. The number of ether oxygens (including phenoxy) is 2. The minimum Gasteiger partial charge on any atom is -0.505 e. The van der Waals surface area contributed by atoms with E-state index in [-0.39, 0.29) is 11.7 Å². The Morgan fingerprint density at radius 1 is 1.12 bits per heavy atom. The number of fused-ring (bicyclic) bond motifs is 1. The van der Waals surface area contributed by atoms with Crippen LogP contribution in [0.25, 0.3) is 10.9 Å². The number of aromatic hydroxyl groups is 1. The molecule has 6 nitrogen and oxygen atoms in total. The number of carbonyl (C=O) groups excluding carboxylic acids is 1. The summed E-state index contributed by atoms with van der Waals surface area (Å²) < 4.78 is 10.6. The first-order valence-electron chi connectivity index (χ1n) is 8.10. The molecule has 134 valence electrons. The van der Waals surface area contributed by atoms with Crippen molar-refractivity contribution in [3.05, 3.63) is 59.8 Å². The molecule has 0 saturated heterocycles. The molecule has 0 unspecified atom stereocenters. The smallest absolute Gasteiger partial charge is 0.217 e. The lowest BCUT2D eigenvalue weighted by Gasteiger charge is -2.21. The normalized spacial score (nSPS) is 11.8. The molecule has 0 aliphatic rings. The topological polar surface area (TPSA) is 80.7 Å². The van der Waals surface area contributed by atoms with Gasteiger partial charge in [0, 0.05) is 24.1 Å². The summed E-state index contributed by atoms with van der Waals surface area (Å²) in [5.74, 6) is 0.947. The maximum atomic E-state index is 11.8. The fourth-order valence-electron chi connectivity index (χ4n) is 2.95. The van der Waals surface area contributed by atoms with Crippen LogP contribution in [0.5, 0.6) is 17.2 Å². The third kappa shape index (κ3) is 3.26. The number of hydrogen-bond donors (Lipinski definition) is 2. The Hall–Kier alpha value is -3.28. The number of hydrogen-bond acceptors (Lipinski definition) is 5. The number of pyridine rings is 1. The van der Waals surface area contributed by atoms with Gasteiger partial charge in [0.25, 0.3) is 0 Å². The predicted molar refractivity (Wildman–Crippen MR) is 98.6 cm³/mol. The third-order valence-electron chi connectivity index (χ3n) is 4.18. The van der Waals surface area contributed by atoms with Crippen LogP contribution in [-0.4, -0.2) is 30.2 Å². The molecule has 0 radical (unpaired) electrons. The van der Waals surface area contributed by atoms with Gasteiger partial charge < -0.3 is 19.9 Å². The molecule has 1 amide bonds. The van der Waals surface area contributed by atoms with E-state index in [9.17, 15) is 9.90 Å². The Balaban J connectivity index is 2.15. The van der Waals surface area contributed by atoms with Crippen LogP contribution < -0.4 is 14.8 Å². The predicted octanol–water partition coefficient (Wildman–Crippen LogP) is 3.18. The van der Waals surface area contributed by atoms with Gasteiger partial charge in [-0.05, 0) is 23.8 Å². The molecule has 0 spiro atoms. The first-order valence-corrected chi connectivity index (χ1v) is 8.10. The van der Waals surface area contributed by atoms with Crippen molar-refractivity contribution in [1.82, 2.24) is 10.3 Å². The van der Waals surface area contributed by atoms with E-state index in [2.05, 4.69) is 10.3 Å². The summed E-state index contributed by atoms with van der Waals surface area (Å²) in [5.41, 5.74) is 1.79. The largest absolute Gasteiger partial charge is 0.505 e. The highest BCUT2D eigenvalue weighted by Gasteiger charge is 2.22. The molecular weight excluding hydrogens is 332 g/mol. The number of nitrogens with zero attached hydrogens (tertiary/aromatic N) is 1. The van der Waals surface area contributed by atoms with E-state index in [0.29, 0.717) is 22.6 Å². The molecule has 3 rings (SSSR count). The van der Waals surface area contributed by atoms with Gasteiger partial charge in [0.05, 0.1) is 20.3 Å². The third-order valence-corrected chi connectivity index (χ3v) is 4.18. The number of phenols is 1. The number of nitrogens with one attached hydrogen (secondary N) is 1. The van der Waals surface area contributed by atoms with Gasteiger partial charge in [-0.3, -0.25) is 9.78 Å². The lowest BCUT2D eigenvalue weighted by atomic mass is 9.96. The highest BCUT2D eigenvalue weighted by atomic mass is 16.5. The van der Waals surface area contributed by atoms with E-state index in [1.807, 2.05) is 18.2 Å². The zero-order valence-corrected chi connectivity index (χ0v) is 14.8. The summed E-state index contributed by atoms with van der Waals surface area (Å²) in [7, 11) is 3.11.